The fraction of sp³-hybridized carbons (Fsp3) is 0.500. The van der Waals surface area contributed by atoms with E-state index in [-0.39, 0.29) is 17.7 Å². The summed E-state index contributed by atoms with van der Waals surface area (Å²) in [5.74, 6) is 0.948. The zero-order valence-electron chi connectivity index (χ0n) is 12.0. The standard InChI is InChI=1S/C16H20FN3O/c17-13-9-5-4-8-12(13)15-19-16(21-20-15)14(18)10-11-6-2-1-3-7-11/h4-5,8-9,11,14H,1-3,6-7,10,18H2. The number of nitrogens with zero attached hydrogens (tertiary/aromatic N) is 2. The summed E-state index contributed by atoms with van der Waals surface area (Å²) in [5.41, 5.74) is 6.51. The molecule has 1 atom stereocenters. The minimum absolute atomic E-state index is 0.263. The van der Waals surface area contributed by atoms with Crippen molar-refractivity contribution < 1.29 is 8.91 Å². The second-order valence-electron chi connectivity index (χ2n) is 5.78. The van der Waals surface area contributed by atoms with E-state index in [1.807, 2.05) is 0 Å². The Morgan fingerprint density at radius 3 is 2.76 bits per heavy atom. The molecule has 1 saturated carbocycles. The number of benzene rings is 1. The largest absolute Gasteiger partial charge is 0.337 e. The smallest absolute Gasteiger partial charge is 0.243 e. The molecule has 1 aromatic heterocycles. The van der Waals surface area contributed by atoms with Crippen molar-refractivity contribution in [3.63, 3.8) is 0 Å². The Labute approximate surface area is 123 Å². The Bertz CT molecular complexity index is 593. The SMILES string of the molecule is NC(CC1CCCCC1)c1nc(-c2ccccc2F)no1. The number of aromatic nitrogens is 2. The van der Waals surface area contributed by atoms with Gasteiger partial charge in [0.1, 0.15) is 5.82 Å². The van der Waals surface area contributed by atoms with Gasteiger partial charge in [0.2, 0.25) is 11.7 Å². The van der Waals surface area contributed by atoms with Gasteiger partial charge in [-0.3, -0.25) is 0 Å². The van der Waals surface area contributed by atoms with Crippen LogP contribution in [-0.4, -0.2) is 10.1 Å². The van der Waals surface area contributed by atoms with E-state index in [9.17, 15) is 4.39 Å². The van der Waals surface area contributed by atoms with Crippen LogP contribution in [-0.2, 0) is 0 Å². The molecule has 1 unspecified atom stereocenters. The normalized spacial score (nSPS) is 17.8. The first-order valence-corrected chi connectivity index (χ1v) is 7.58. The number of hydrogen-bond acceptors (Lipinski definition) is 4. The second-order valence-corrected chi connectivity index (χ2v) is 5.78. The molecule has 0 spiro atoms. The first-order valence-electron chi connectivity index (χ1n) is 7.58. The fourth-order valence-corrected chi connectivity index (χ4v) is 3.02. The van der Waals surface area contributed by atoms with Crippen LogP contribution in [0.5, 0.6) is 0 Å². The molecule has 0 radical (unpaired) electrons. The van der Waals surface area contributed by atoms with E-state index < -0.39 is 0 Å². The summed E-state index contributed by atoms with van der Waals surface area (Å²) in [6, 6.07) is 6.13. The molecule has 1 fully saturated rings. The Balaban J connectivity index is 1.71. The van der Waals surface area contributed by atoms with Gasteiger partial charge in [0, 0.05) is 0 Å². The molecular weight excluding hydrogens is 269 g/mol. The lowest BCUT2D eigenvalue weighted by molar-refractivity contribution is 0.284. The van der Waals surface area contributed by atoms with E-state index in [1.54, 1.807) is 18.2 Å². The predicted octanol–water partition coefficient (Wildman–Crippen LogP) is 3.85. The van der Waals surface area contributed by atoms with Gasteiger partial charge in [-0.2, -0.15) is 4.98 Å². The lowest BCUT2D eigenvalue weighted by Gasteiger charge is -2.22. The summed E-state index contributed by atoms with van der Waals surface area (Å²) in [6.45, 7) is 0. The van der Waals surface area contributed by atoms with Gasteiger partial charge < -0.3 is 10.3 Å². The van der Waals surface area contributed by atoms with Crippen LogP contribution in [0.3, 0.4) is 0 Å². The summed E-state index contributed by atoms with van der Waals surface area (Å²) in [6.07, 6.45) is 7.19. The number of halogens is 1. The Morgan fingerprint density at radius 2 is 2.00 bits per heavy atom. The zero-order chi connectivity index (χ0) is 14.7. The van der Waals surface area contributed by atoms with Crippen LogP contribution in [0.1, 0.15) is 50.5 Å². The Morgan fingerprint density at radius 1 is 1.24 bits per heavy atom. The molecular formula is C16H20FN3O. The van der Waals surface area contributed by atoms with E-state index in [4.69, 9.17) is 10.3 Å². The van der Waals surface area contributed by atoms with Gasteiger partial charge in [-0.05, 0) is 24.5 Å². The minimum atomic E-state index is -0.356. The van der Waals surface area contributed by atoms with Crippen molar-refractivity contribution in [2.24, 2.45) is 11.7 Å². The van der Waals surface area contributed by atoms with Crippen molar-refractivity contribution in [2.75, 3.05) is 0 Å². The maximum Gasteiger partial charge on any atom is 0.243 e. The molecule has 2 N–H and O–H groups in total. The van der Waals surface area contributed by atoms with Crippen LogP contribution in [0.4, 0.5) is 4.39 Å². The van der Waals surface area contributed by atoms with Crippen molar-refractivity contribution in [3.8, 4) is 11.4 Å². The molecule has 1 aromatic carbocycles. The summed E-state index contributed by atoms with van der Waals surface area (Å²) >= 11 is 0. The van der Waals surface area contributed by atoms with Crippen molar-refractivity contribution in [1.29, 1.82) is 0 Å². The number of rotatable bonds is 4. The third-order valence-electron chi connectivity index (χ3n) is 4.19. The van der Waals surface area contributed by atoms with Crippen molar-refractivity contribution >= 4 is 0 Å². The maximum atomic E-state index is 13.7. The van der Waals surface area contributed by atoms with E-state index in [0.29, 0.717) is 17.4 Å². The molecule has 0 amide bonds. The zero-order valence-corrected chi connectivity index (χ0v) is 12.0. The van der Waals surface area contributed by atoms with Crippen molar-refractivity contribution in [3.05, 3.63) is 36.0 Å². The lowest BCUT2D eigenvalue weighted by Crippen LogP contribution is -2.17. The van der Waals surface area contributed by atoms with Gasteiger partial charge in [0.25, 0.3) is 0 Å². The topological polar surface area (TPSA) is 64.9 Å². The van der Waals surface area contributed by atoms with Crippen LogP contribution < -0.4 is 5.73 Å². The number of nitrogens with two attached hydrogens (primary N) is 1. The van der Waals surface area contributed by atoms with Gasteiger partial charge in [0.15, 0.2) is 0 Å². The molecule has 1 aliphatic rings. The van der Waals surface area contributed by atoms with E-state index in [2.05, 4.69) is 10.1 Å². The van der Waals surface area contributed by atoms with Crippen LogP contribution >= 0.6 is 0 Å². The minimum Gasteiger partial charge on any atom is -0.337 e. The predicted molar refractivity (Wildman–Crippen MR) is 77.8 cm³/mol. The molecule has 1 heterocycles. The van der Waals surface area contributed by atoms with Gasteiger partial charge >= 0.3 is 0 Å². The van der Waals surface area contributed by atoms with Crippen LogP contribution in [0.2, 0.25) is 0 Å². The molecule has 3 rings (SSSR count). The van der Waals surface area contributed by atoms with E-state index in [1.165, 1.54) is 38.2 Å². The molecule has 4 nitrogen and oxygen atoms in total. The monoisotopic (exact) mass is 289 g/mol. The quantitative estimate of drug-likeness (QED) is 0.928. The molecule has 0 saturated heterocycles. The summed E-state index contributed by atoms with van der Waals surface area (Å²) in [4.78, 5) is 4.26. The Kier molecular flexibility index (Phi) is 4.29. The molecule has 1 aliphatic carbocycles. The highest BCUT2D eigenvalue weighted by Crippen LogP contribution is 2.31. The summed E-state index contributed by atoms with van der Waals surface area (Å²) in [7, 11) is 0. The molecule has 21 heavy (non-hydrogen) atoms. The average Bonchev–Trinajstić information content (AvgIpc) is 2.98. The highest BCUT2D eigenvalue weighted by atomic mass is 19.1. The first kappa shape index (κ1) is 14.2. The highest BCUT2D eigenvalue weighted by molar-refractivity contribution is 5.54. The molecule has 0 bridgehead atoms. The average molecular weight is 289 g/mol. The molecule has 2 aromatic rings. The highest BCUT2D eigenvalue weighted by Gasteiger charge is 2.22. The molecule has 5 heteroatoms. The third-order valence-corrected chi connectivity index (χ3v) is 4.19. The second kappa shape index (κ2) is 6.35. The molecule has 0 aliphatic heterocycles. The van der Waals surface area contributed by atoms with Crippen LogP contribution in [0.25, 0.3) is 11.4 Å². The van der Waals surface area contributed by atoms with Gasteiger partial charge in [-0.25, -0.2) is 4.39 Å². The van der Waals surface area contributed by atoms with Crippen molar-refractivity contribution in [2.45, 2.75) is 44.6 Å². The van der Waals surface area contributed by atoms with E-state index >= 15 is 0 Å². The summed E-state index contributed by atoms with van der Waals surface area (Å²) < 4.78 is 18.9. The van der Waals surface area contributed by atoms with Crippen LogP contribution in [0, 0.1) is 11.7 Å². The number of hydrogen-bond donors (Lipinski definition) is 1. The van der Waals surface area contributed by atoms with Crippen LogP contribution in [0.15, 0.2) is 28.8 Å². The van der Waals surface area contributed by atoms with Crippen molar-refractivity contribution in [1.82, 2.24) is 10.1 Å². The van der Waals surface area contributed by atoms with E-state index in [0.717, 1.165) is 6.42 Å². The Hall–Kier alpha value is -1.75. The van der Waals surface area contributed by atoms with Gasteiger partial charge in [-0.1, -0.05) is 49.4 Å². The molecule has 112 valence electrons. The van der Waals surface area contributed by atoms with Gasteiger partial charge in [-0.15, -0.1) is 0 Å². The fourth-order valence-electron chi connectivity index (χ4n) is 3.02. The maximum absolute atomic E-state index is 13.7. The lowest BCUT2D eigenvalue weighted by atomic mass is 9.85. The third kappa shape index (κ3) is 3.29. The first-order chi connectivity index (χ1) is 10.2. The van der Waals surface area contributed by atoms with Gasteiger partial charge in [0.05, 0.1) is 11.6 Å². The summed E-state index contributed by atoms with van der Waals surface area (Å²) in [5, 5.41) is 3.86.